The van der Waals surface area contributed by atoms with E-state index in [0.29, 0.717) is 18.7 Å². The van der Waals surface area contributed by atoms with Crippen LogP contribution in [0.2, 0.25) is 0 Å². The van der Waals surface area contributed by atoms with Gasteiger partial charge in [-0.15, -0.1) is 0 Å². The van der Waals surface area contributed by atoms with E-state index in [9.17, 15) is 12.8 Å². The van der Waals surface area contributed by atoms with Crippen molar-refractivity contribution in [2.24, 2.45) is 5.73 Å². The molecule has 0 aromatic carbocycles. The normalized spacial score (nSPS) is 24.4. The molecule has 7 heteroatoms. The number of sulfone groups is 1. The zero-order valence-corrected chi connectivity index (χ0v) is 12.3. The lowest BCUT2D eigenvalue weighted by Gasteiger charge is -2.33. The number of nitrogens with two attached hydrogens (primary N) is 1. The fraction of sp³-hybridized carbons (Fsp3) is 0.615. The molecule has 20 heavy (non-hydrogen) atoms. The van der Waals surface area contributed by atoms with Crippen LogP contribution in [0.15, 0.2) is 18.3 Å². The Morgan fingerprint density at radius 2 is 2.30 bits per heavy atom. The second-order valence-electron chi connectivity index (χ2n) is 5.30. The van der Waals surface area contributed by atoms with Crippen molar-refractivity contribution in [3.63, 3.8) is 0 Å². The Labute approximate surface area is 118 Å². The van der Waals surface area contributed by atoms with Crippen LogP contribution >= 0.6 is 0 Å². The molecular weight excluding hydrogens is 281 g/mol. The number of rotatable bonds is 4. The van der Waals surface area contributed by atoms with Gasteiger partial charge in [-0.05, 0) is 25.5 Å². The van der Waals surface area contributed by atoms with Crippen LogP contribution in [0.4, 0.5) is 4.39 Å². The first-order chi connectivity index (χ1) is 9.37. The summed E-state index contributed by atoms with van der Waals surface area (Å²) in [6.07, 6.45) is 1.83. The molecule has 0 radical (unpaired) electrons. The lowest BCUT2D eigenvalue weighted by Crippen LogP contribution is -2.47. The molecule has 1 aliphatic rings. The second kappa shape index (κ2) is 6.15. The fourth-order valence-electron chi connectivity index (χ4n) is 2.42. The maximum Gasteiger partial charge on any atom is 0.153 e. The molecule has 112 valence electrons. The monoisotopic (exact) mass is 301 g/mol. The number of nitrogens with zero attached hydrogens (tertiary/aromatic N) is 2. The van der Waals surface area contributed by atoms with E-state index >= 15 is 0 Å². The molecule has 2 unspecified atom stereocenters. The zero-order valence-electron chi connectivity index (χ0n) is 11.5. The van der Waals surface area contributed by atoms with Crippen LogP contribution in [0, 0.1) is 5.82 Å². The summed E-state index contributed by atoms with van der Waals surface area (Å²) in [4.78, 5) is 6.10. The largest absolute Gasteiger partial charge is 0.323 e. The van der Waals surface area contributed by atoms with Gasteiger partial charge in [-0.25, -0.2) is 12.8 Å². The molecule has 5 nitrogen and oxygen atoms in total. The second-order valence-corrected chi connectivity index (χ2v) is 7.52. The van der Waals surface area contributed by atoms with Gasteiger partial charge in [0.2, 0.25) is 0 Å². The summed E-state index contributed by atoms with van der Waals surface area (Å²) >= 11 is 0. The van der Waals surface area contributed by atoms with Crippen LogP contribution in [-0.4, -0.2) is 48.9 Å². The van der Waals surface area contributed by atoms with E-state index in [2.05, 4.69) is 9.88 Å². The Morgan fingerprint density at radius 3 is 2.90 bits per heavy atom. The molecule has 2 N–H and O–H groups in total. The number of hydrogen-bond donors (Lipinski definition) is 1. The lowest BCUT2D eigenvalue weighted by atomic mass is 10.1. The topological polar surface area (TPSA) is 76.3 Å². The predicted octanol–water partition coefficient (Wildman–Crippen LogP) is 0.730. The zero-order chi connectivity index (χ0) is 14.8. The van der Waals surface area contributed by atoms with Crippen LogP contribution in [0.3, 0.4) is 0 Å². The van der Waals surface area contributed by atoms with Gasteiger partial charge in [0.25, 0.3) is 0 Å². The maximum atomic E-state index is 12.8. The first kappa shape index (κ1) is 15.3. The first-order valence-electron chi connectivity index (χ1n) is 6.69. The molecule has 0 saturated carbocycles. The molecule has 2 heterocycles. The van der Waals surface area contributed by atoms with Crippen LogP contribution in [0.5, 0.6) is 0 Å². The number of hydrogen-bond acceptors (Lipinski definition) is 5. The highest BCUT2D eigenvalue weighted by atomic mass is 32.2. The average Bonchev–Trinajstić information content (AvgIpc) is 2.37. The van der Waals surface area contributed by atoms with E-state index in [1.165, 1.54) is 6.07 Å². The van der Waals surface area contributed by atoms with Gasteiger partial charge in [-0.1, -0.05) is 0 Å². The summed E-state index contributed by atoms with van der Waals surface area (Å²) in [7, 11) is -2.89. The summed E-state index contributed by atoms with van der Waals surface area (Å²) in [5.74, 6) is 0.0362. The van der Waals surface area contributed by atoms with Crippen LogP contribution < -0.4 is 5.73 Å². The lowest BCUT2D eigenvalue weighted by molar-refractivity contribution is 0.218. The van der Waals surface area contributed by atoms with Crippen molar-refractivity contribution in [1.29, 1.82) is 0 Å². The minimum absolute atomic E-state index is 0.0159. The van der Waals surface area contributed by atoms with Gasteiger partial charge in [0.15, 0.2) is 9.84 Å². The summed E-state index contributed by atoms with van der Waals surface area (Å²) < 4.78 is 35.8. The summed E-state index contributed by atoms with van der Waals surface area (Å²) in [5, 5.41) is 0. The smallest absolute Gasteiger partial charge is 0.153 e. The Hall–Kier alpha value is -1.05. The van der Waals surface area contributed by atoms with Gasteiger partial charge >= 0.3 is 0 Å². The van der Waals surface area contributed by atoms with Crippen LogP contribution in [-0.2, 0) is 9.84 Å². The van der Waals surface area contributed by atoms with Crippen molar-refractivity contribution >= 4 is 9.84 Å². The van der Waals surface area contributed by atoms with Crippen molar-refractivity contribution in [3.8, 4) is 0 Å². The highest BCUT2D eigenvalue weighted by molar-refractivity contribution is 7.91. The van der Waals surface area contributed by atoms with E-state index in [1.54, 1.807) is 6.07 Å². The average molecular weight is 301 g/mol. The molecule has 0 bridgehead atoms. The number of aromatic nitrogens is 1. The third-order valence-corrected chi connectivity index (χ3v) is 5.46. The van der Waals surface area contributed by atoms with Gasteiger partial charge in [-0.2, -0.15) is 0 Å². The SMILES string of the molecule is CC1CS(=O)(=O)CCN1CCC(N)c1ccc(F)cn1. The number of halogens is 1. The number of pyridine rings is 1. The van der Waals surface area contributed by atoms with Crippen molar-refractivity contribution in [3.05, 3.63) is 29.8 Å². The molecule has 1 aliphatic heterocycles. The minimum Gasteiger partial charge on any atom is -0.323 e. The van der Waals surface area contributed by atoms with E-state index < -0.39 is 9.84 Å². The highest BCUT2D eigenvalue weighted by Crippen LogP contribution is 2.16. The molecule has 1 fully saturated rings. The fourth-order valence-corrected chi connectivity index (χ4v) is 4.05. The molecule has 1 saturated heterocycles. The molecule has 1 aromatic heterocycles. The Bertz CT molecular complexity index is 547. The standard InChI is InChI=1S/C13H20FN3O2S/c1-10-9-20(18,19)7-6-17(10)5-4-12(15)13-3-2-11(14)8-16-13/h2-3,8,10,12H,4-7,9,15H2,1H3. The van der Waals surface area contributed by atoms with E-state index in [-0.39, 0.29) is 29.4 Å². The summed E-state index contributed by atoms with van der Waals surface area (Å²) in [5.41, 5.74) is 6.69. The van der Waals surface area contributed by atoms with E-state index in [0.717, 1.165) is 12.7 Å². The van der Waals surface area contributed by atoms with Crippen LogP contribution in [0.25, 0.3) is 0 Å². The Balaban J connectivity index is 1.87. The van der Waals surface area contributed by atoms with Crippen molar-refractivity contribution in [2.75, 3.05) is 24.6 Å². The third kappa shape index (κ3) is 3.97. The van der Waals surface area contributed by atoms with Crippen molar-refractivity contribution in [1.82, 2.24) is 9.88 Å². The molecule has 0 aliphatic carbocycles. The first-order valence-corrected chi connectivity index (χ1v) is 8.51. The minimum atomic E-state index is -2.89. The predicted molar refractivity (Wildman–Crippen MR) is 75.4 cm³/mol. The maximum absolute atomic E-state index is 12.8. The van der Waals surface area contributed by atoms with Crippen LogP contribution in [0.1, 0.15) is 25.1 Å². The third-order valence-electron chi connectivity index (χ3n) is 3.67. The van der Waals surface area contributed by atoms with E-state index in [1.807, 2.05) is 6.92 Å². The molecule has 1 aromatic rings. The van der Waals surface area contributed by atoms with Crippen molar-refractivity contribution < 1.29 is 12.8 Å². The highest BCUT2D eigenvalue weighted by Gasteiger charge is 2.28. The van der Waals surface area contributed by atoms with Gasteiger partial charge in [0.1, 0.15) is 5.82 Å². The Kier molecular flexibility index (Phi) is 4.72. The molecule has 2 rings (SSSR count). The quantitative estimate of drug-likeness (QED) is 0.887. The molecule has 2 atom stereocenters. The Morgan fingerprint density at radius 1 is 1.55 bits per heavy atom. The molecular formula is C13H20FN3O2S. The van der Waals surface area contributed by atoms with E-state index in [4.69, 9.17) is 5.73 Å². The summed E-state index contributed by atoms with van der Waals surface area (Å²) in [6.45, 7) is 3.18. The van der Waals surface area contributed by atoms with Gasteiger partial charge in [0.05, 0.1) is 23.4 Å². The van der Waals surface area contributed by atoms with Gasteiger partial charge < -0.3 is 5.73 Å². The molecule has 0 spiro atoms. The summed E-state index contributed by atoms with van der Waals surface area (Å²) in [6, 6.07) is 2.69. The van der Waals surface area contributed by atoms with Gasteiger partial charge in [0, 0.05) is 25.2 Å². The van der Waals surface area contributed by atoms with Crippen molar-refractivity contribution in [2.45, 2.75) is 25.4 Å². The van der Waals surface area contributed by atoms with Gasteiger partial charge in [-0.3, -0.25) is 9.88 Å². The molecule has 0 amide bonds.